The van der Waals surface area contributed by atoms with Gasteiger partial charge in [-0.1, -0.05) is 22.9 Å². The second kappa shape index (κ2) is 3.59. The monoisotopic (exact) mass is 226 g/mol. The Labute approximate surface area is 90.1 Å². The van der Waals surface area contributed by atoms with Crippen molar-refractivity contribution in [2.75, 3.05) is 7.11 Å². The van der Waals surface area contributed by atoms with Crippen molar-refractivity contribution in [1.29, 1.82) is 0 Å². The largest absolute Gasteiger partial charge is 0.487 e. The average Bonchev–Trinajstić information content (AvgIpc) is 2.61. The second-order valence-electron chi connectivity index (χ2n) is 2.81. The molecule has 1 heterocycles. The van der Waals surface area contributed by atoms with Crippen LogP contribution in [0.25, 0.3) is 10.1 Å². The van der Waals surface area contributed by atoms with E-state index in [0.717, 1.165) is 21.4 Å². The number of hydrogen-bond acceptors (Lipinski definition) is 3. The molecule has 0 aliphatic carbocycles. The zero-order valence-electron chi connectivity index (χ0n) is 7.41. The van der Waals surface area contributed by atoms with E-state index in [-0.39, 0.29) is 0 Å². The average molecular weight is 227 g/mol. The maximum Gasteiger partial charge on any atom is 0.174 e. The molecule has 0 radical (unpaired) electrons. The standard InChI is InChI=1S/C10H7ClO2S/c1-13-9-4-7-2-6(5-12)3-8(11)10(7)14-9/h2-5H,1H3. The fourth-order valence-electron chi connectivity index (χ4n) is 1.28. The van der Waals surface area contributed by atoms with Crippen molar-refractivity contribution in [2.45, 2.75) is 0 Å². The second-order valence-corrected chi connectivity index (χ2v) is 4.23. The number of carbonyl (C=O) groups is 1. The predicted molar refractivity (Wildman–Crippen MR) is 58.8 cm³/mol. The molecule has 72 valence electrons. The Balaban J connectivity index is 2.73. The Hall–Kier alpha value is -1.06. The van der Waals surface area contributed by atoms with Crippen molar-refractivity contribution in [1.82, 2.24) is 0 Å². The number of rotatable bonds is 2. The first-order valence-corrected chi connectivity index (χ1v) is 5.16. The molecular weight excluding hydrogens is 220 g/mol. The summed E-state index contributed by atoms with van der Waals surface area (Å²) in [6.07, 6.45) is 0.787. The van der Waals surface area contributed by atoms with Gasteiger partial charge in [-0.2, -0.15) is 0 Å². The van der Waals surface area contributed by atoms with Gasteiger partial charge in [0, 0.05) is 5.56 Å². The molecule has 0 aliphatic rings. The number of methoxy groups -OCH3 is 1. The van der Waals surface area contributed by atoms with Gasteiger partial charge in [-0.3, -0.25) is 4.79 Å². The topological polar surface area (TPSA) is 26.3 Å². The molecule has 0 bridgehead atoms. The predicted octanol–water partition coefficient (Wildman–Crippen LogP) is 3.38. The Kier molecular flexibility index (Phi) is 2.44. The van der Waals surface area contributed by atoms with Gasteiger partial charge in [0.1, 0.15) is 6.29 Å². The van der Waals surface area contributed by atoms with Crippen LogP contribution in [0.2, 0.25) is 5.02 Å². The lowest BCUT2D eigenvalue weighted by Crippen LogP contribution is -1.78. The molecule has 0 unspecified atom stereocenters. The Morgan fingerprint density at radius 1 is 1.43 bits per heavy atom. The zero-order chi connectivity index (χ0) is 10.1. The van der Waals surface area contributed by atoms with Gasteiger partial charge < -0.3 is 4.74 Å². The van der Waals surface area contributed by atoms with Crippen molar-refractivity contribution in [3.05, 3.63) is 28.8 Å². The van der Waals surface area contributed by atoms with Gasteiger partial charge in [-0.25, -0.2) is 0 Å². The third kappa shape index (κ3) is 1.49. The quantitative estimate of drug-likeness (QED) is 0.734. The summed E-state index contributed by atoms with van der Waals surface area (Å²) in [6, 6.07) is 5.33. The third-order valence-corrected chi connectivity index (χ3v) is 3.46. The highest BCUT2D eigenvalue weighted by Gasteiger charge is 2.07. The maximum absolute atomic E-state index is 10.6. The van der Waals surface area contributed by atoms with Gasteiger partial charge in [0.15, 0.2) is 5.06 Å². The van der Waals surface area contributed by atoms with Crippen LogP contribution >= 0.6 is 22.9 Å². The molecule has 0 N–H and O–H groups in total. The van der Waals surface area contributed by atoms with Crippen LogP contribution in [0.15, 0.2) is 18.2 Å². The number of benzene rings is 1. The summed E-state index contributed by atoms with van der Waals surface area (Å²) in [5.74, 6) is 0. The van der Waals surface area contributed by atoms with Crippen molar-refractivity contribution in [3.8, 4) is 5.06 Å². The molecular formula is C10H7ClO2S. The number of carbonyl (C=O) groups excluding carboxylic acids is 1. The minimum atomic E-state index is 0.586. The molecule has 0 saturated heterocycles. The van der Waals surface area contributed by atoms with E-state index in [1.165, 1.54) is 11.3 Å². The van der Waals surface area contributed by atoms with Crippen molar-refractivity contribution >= 4 is 39.3 Å². The van der Waals surface area contributed by atoms with Crippen molar-refractivity contribution in [3.63, 3.8) is 0 Å². The van der Waals surface area contributed by atoms with Crippen molar-refractivity contribution < 1.29 is 9.53 Å². The molecule has 2 nitrogen and oxygen atoms in total. The highest BCUT2D eigenvalue weighted by atomic mass is 35.5. The van der Waals surface area contributed by atoms with Gasteiger partial charge in [-0.15, -0.1) is 0 Å². The first kappa shape index (κ1) is 9.49. The SMILES string of the molecule is COc1cc2cc(C=O)cc(Cl)c2s1. The molecule has 0 amide bonds. The summed E-state index contributed by atoms with van der Waals surface area (Å²) >= 11 is 7.48. The van der Waals surface area contributed by atoms with Gasteiger partial charge in [-0.05, 0) is 23.6 Å². The number of halogens is 1. The van der Waals surface area contributed by atoms with E-state index in [2.05, 4.69) is 0 Å². The first-order chi connectivity index (χ1) is 6.74. The smallest absolute Gasteiger partial charge is 0.174 e. The molecule has 1 aromatic heterocycles. The van der Waals surface area contributed by atoms with Crippen LogP contribution in [0.4, 0.5) is 0 Å². The summed E-state index contributed by atoms with van der Waals surface area (Å²) in [4.78, 5) is 10.6. The van der Waals surface area contributed by atoms with E-state index in [0.29, 0.717) is 10.6 Å². The highest BCUT2D eigenvalue weighted by Crippen LogP contribution is 2.36. The van der Waals surface area contributed by atoms with E-state index < -0.39 is 0 Å². The van der Waals surface area contributed by atoms with Crippen LogP contribution in [-0.4, -0.2) is 13.4 Å². The van der Waals surface area contributed by atoms with Crippen LogP contribution in [0.1, 0.15) is 10.4 Å². The Bertz CT molecular complexity index is 490. The molecule has 14 heavy (non-hydrogen) atoms. The third-order valence-electron chi connectivity index (χ3n) is 1.91. The van der Waals surface area contributed by atoms with Gasteiger partial charge in [0.2, 0.25) is 0 Å². The minimum absolute atomic E-state index is 0.586. The van der Waals surface area contributed by atoms with Crippen LogP contribution in [0.3, 0.4) is 0 Å². The summed E-state index contributed by atoms with van der Waals surface area (Å²) in [5.41, 5.74) is 0.586. The molecule has 4 heteroatoms. The summed E-state index contributed by atoms with van der Waals surface area (Å²) in [6.45, 7) is 0. The molecule has 1 aromatic carbocycles. The number of aldehydes is 1. The number of hydrogen-bond donors (Lipinski definition) is 0. The zero-order valence-corrected chi connectivity index (χ0v) is 8.98. The highest BCUT2D eigenvalue weighted by molar-refractivity contribution is 7.21. The molecule has 2 rings (SSSR count). The van der Waals surface area contributed by atoms with Gasteiger partial charge in [0.05, 0.1) is 16.8 Å². The van der Waals surface area contributed by atoms with Crippen LogP contribution in [0.5, 0.6) is 5.06 Å². The molecule has 0 fully saturated rings. The number of ether oxygens (including phenoxy) is 1. The molecule has 0 spiro atoms. The van der Waals surface area contributed by atoms with Crippen LogP contribution < -0.4 is 4.74 Å². The van der Waals surface area contributed by atoms with E-state index in [1.807, 2.05) is 6.07 Å². The van der Waals surface area contributed by atoms with E-state index in [1.54, 1.807) is 19.2 Å². The fraction of sp³-hybridized carbons (Fsp3) is 0.100. The maximum atomic E-state index is 10.6. The molecule has 0 saturated carbocycles. The van der Waals surface area contributed by atoms with Gasteiger partial charge in [0.25, 0.3) is 0 Å². The fourth-order valence-corrected chi connectivity index (χ4v) is 2.49. The lowest BCUT2D eigenvalue weighted by atomic mass is 10.2. The number of fused-ring (bicyclic) bond motifs is 1. The number of thiophene rings is 1. The molecule has 0 aliphatic heterocycles. The van der Waals surface area contributed by atoms with Gasteiger partial charge >= 0.3 is 0 Å². The Morgan fingerprint density at radius 3 is 2.86 bits per heavy atom. The van der Waals surface area contributed by atoms with E-state index in [4.69, 9.17) is 16.3 Å². The van der Waals surface area contributed by atoms with E-state index in [9.17, 15) is 4.79 Å². The van der Waals surface area contributed by atoms with Crippen molar-refractivity contribution in [2.24, 2.45) is 0 Å². The molecule has 0 atom stereocenters. The minimum Gasteiger partial charge on any atom is -0.487 e. The van der Waals surface area contributed by atoms with Crippen LogP contribution in [0, 0.1) is 0 Å². The first-order valence-electron chi connectivity index (χ1n) is 3.97. The van der Waals surface area contributed by atoms with Crippen LogP contribution in [-0.2, 0) is 0 Å². The lowest BCUT2D eigenvalue weighted by molar-refractivity contribution is 0.112. The summed E-state index contributed by atoms with van der Waals surface area (Å²) < 4.78 is 6.05. The lowest BCUT2D eigenvalue weighted by Gasteiger charge is -1.94. The Morgan fingerprint density at radius 2 is 2.21 bits per heavy atom. The molecule has 2 aromatic rings. The van der Waals surface area contributed by atoms with E-state index >= 15 is 0 Å². The summed E-state index contributed by atoms with van der Waals surface area (Å²) in [5, 5.41) is 2.34. The summed E-state index contributed by atoms with van der Waals surface area (Å²) in [7, 11) is 1.61. The normalized spacial score (nSPS) is 10.4.